The Labute approximate surface area is 88.0 Å². The maximum Gasteiger partial charge on any atom is 0.268 e. The van der Waals surface area contributed by atoms with Gasteiger partial charge in [0.15, 0.2) is 5.03 Å². The number of ether oxygens (including phenoxy) is 1. The second-order valence-electron chi connectivity index (χ2n) is 3.38. The third kappa shape index (κ3) is 4.59. The largest absolute Gasteiger partial charge is 0.381 e. The smallest absolute Gasteiger partial charge is 0.268 e. The molecule has 0 bridgehead atoms. The second kappa shape index (κ2) is 6.18. The molecular formula is C8H16N4O3. The summed E-state index contributed by atoms with van der Waals surface area (Å²) in [5, 5.41) is 18.0. The minimum Gasteiger partial charge on any atom is -0.381 e. The van der Waals surface area contributed by atoms with E-state index in [1.807, 2.05) is 0 Å². The molecule has 0 aromatic carbocycles. The Morgan fingerprint density at radius 2 is 2.53 bits per heavy atom. The SMILES string of the molecule is CN/C(=N\[N+](=O)[O-])NCCC1CCOC1. The molecule has 7 nitrogen and oxygen atoms in total. The van der Waals surface area contributed by atoms with Crippen molar-refractivity contribution in [1.82, 2.24) is 10.6 Å². The highest BCUT2D eigenvalue weighted by atomic mass is 16.7. The number of guanidine groups is 1. The molecule has 1 atom stereocenters. The quantitative estimate of drug-likeness (QED) is 0.293. The van der Waals surface area contributed by atoms with E-state index in [-0.39, 0.29) is 5.96 Å². The summed E-state index contributed by atoms with van der Waals surface area (Å²) in [6, 6.07) is 0. The van der Waals surface area contributed by atoms with Crippen LogP contribution in [0.15, 0.2) is 5.10 Å². The van der Waals surface area contributed by atoms with Crippen molar-refractivity contribution in [2.75, 3.05) is 26.8 Å². The average Bonchev–Trinajstić information content (AvgIpc) is 2.68. The molecule has 1 saturated heterocycles. The van der Waals surface area contributed by atoms with Gasteiger partial charge in [-0.05, 0) is 18.8 Å². The zero-order valence-corrected chi connectivity index (χ0v) is 8.73. The van der Waals surface area contributed by atoms with Gasteiger partial charge in [0.25, 0.3) is 5.96 Å². The number of hydrogen-bond acceptors (Lipinski definition) is 3. The third-order valence-corrected chi connectivity index (χ3v) is 2.29. The van der Waals surface area contributed by atoms with Crippen LogP contribution in [0, 0.1) is 16.0 Å². The molecule has 0 aromatic rings. The Morgan fingerprint density at radius 3 is 3.07 bits per heavy atom. The minimum absolute atomic E-state index is 0.193. The Bertz CT molecular complexity index is 238. The Kier molecular flexibility index (Phi) is 4.82. The fraction of sp³-hybridized carbons (Fsp3) is 0.875. The maximum atomic E-state index is 10.1. The summed E-state index contributed by atoms with van der Waals surface area (Å²) < 4.78 is 5.22. The lowest BCUT2D eigenvalue weighted by molar-refractivity contribution is -0.485. The number of hydrogen-bond donors (Lipinski definition) is 2. The first-order valence-electron chi connectivity index (χ1n) is 4.94. The molecule has 1 aliphatic rings. The highest BCUT2D eigenvalue weighted by Gasteiger charge is 2.15. The molecule has 7 heteroatoms. The first-order valence-corrected chi connectivity index (χ1v) is 4.94. The van der Waals surface area contributed by atoms with Crippen molar-refractivity contribution in [2.24, 2.45) is 11.0 Å². The van der Waals surface area contributed by atoms with E-state index in [0.29, 0.717) is 12.5 Å². The van der Waals surface area contributed by atoms with E-state index in [1.165, 1.54) is 0 Å². The van der Waals surface area contributed by atoms with Crippen molar-refractivity contribution >= 4 is 5.96 Å². The van der Waals surface area contributed by atoms with Crippen LogP contribution in [0.25, 0.3) is 0 Å². The van der Waals surface area contributed by atoms with E-state index in [1.54, 1.807) is 7.05 Å². The molecular weight excluding hydrogens is 200 g/mol. The van der Waals surface area contributed by atoms with Gasteiger partial charge in [0.05, 0.1) is 0 Å². The van der Waals surface area contributed by atoms with Gasteiger partial charge in [-0.1, -0.05) is 0 Å². The molecule has 86 valence electrons. The van der Waals surface area contributed by atoms with Crippen LogP contribution in [-0.4, -0.2) is 37.8 Å². The van der Waals surface area contributed by atoms with Crippen LogP contribution in [0.3, 0.4) is 0 Å². The van der Waals surface area contributed by atoms with E-state index in [2.05, 4.69) is 15.7 Å². The number of nitrogens with one attached hydrogen (secondary N) is 2. The second-order valence-corrected chi connectivity index (χ2v) is 3.38. The molecule has 0 saturated carbocycles. The van der Waals surface area contributed by atoms with Gasteiger partial charge in [0.1, 0.15) is 5.10 Å². The van der Waals surface area contributed by atoms with Crippen LogP contribution in [0.4, 0.5) is 0 Å². The van der Waals surface area contributed by atoms with Crippen LogP contribution < -0.4 is 10.6 Å². The highest BCUT2D eigenvalue weighted by Crippen LogP contribution is 2.14. The molecule has 1 heterocycles. The summed E-state index contributed by atoms with van der Waals surface area (Å²) >= 11 is 0. The summed E-state index contributed by atoms with van der Waals surface area (Å²) in [7, 11) is 1.59. The lowest BCUT2D eigenvalue weighted by Crippen LogP contribution is -2.36. The first kappa shape index (κ1) is 11.7. The number of hydrazone groups is 1. The molecule has 15 heavy (non-hydrogen) atoms. The molecule has 1 aliphatic heterocycles. The number of nitrogens with zero attached hydrogens (tertiary/aromatic N) is 2. The zero-order valence-electron chi connectivity index (χ0n) is 8.73. The molecule has 1 fully saturated rings. The van der Waals surface area contributed by atoms with Crippen LogP contribution in [0.2, 0.25) is 0 Å². The predicted molar refractivity (Wildman–Crippen MR) is 55.0 cm³/mol. The van der Waals surface area contributed by atoms with Gasteiger partial charge in [-0.15, -0.1) is 0 Å². The van der Waals surface area contributed by atoms with Crippen molar-refractivity contribution in [3.8, 4) is 0 Å². The van der Waals surface area contributed by atoms with Crippen LogP contribution in [0.1, 0.15) is 12.8 Å². The molecule has 0 aliphatic carbocycles. The molecule has 1 unspecified atom stereocenters. The molecule has 0 radical (unpaired) electrons. The lowest BCUT2D eigenvalue weighted by Gasteiger charge is -2.09. The standard InChI is InChI=1S/C8H16N4O3/c1-9-8(11-12(13)14)10-4-2-7-3-5-15-6-7/h7H,2-6H2,1H3,(H2,9,10,11). The van der Waals surface area contributed by atoms with Gasteiger partial charge in [0.2, 0.25) is 0 Å². The maximum absolute atomic E-state index is 10.1. The van der Waals surface area contributed by atoms with Crippen LogP contribution >= 0.6 is 0 Å². The van der Waals surface area contributed by atoms with E-state index in [0.717, 1.165) is 26.1 Å². The highest BCUT2D eigenvalue weighted by molar-refractivity contribution is 5.78. The summed E-state index contributed by atoms with van der Waals surface area (Å²) in [5.74, 6) is 0.755. The monoisotopic (exact) mass is 216 g/mol. The van der Waals surface area contributed by atoms with Gasteiger partial charge in [-0.25, -0.2) is 10.1 Å². The van der Waals surface area contributed by atoms with E-state index in [4.69, 9.17) is 4.74 Å². The van der Waals surface area contributed by atoms with Gasteiger partial charge < -0.3 is 15.4 Å². The summed E-state index contributed by atoms with van der Waals surface area (Å²) in [5.41, 5.74) is 0. The lowest BCUT2D eigenvalue weighted by atomic mass is 10.1. The minimum atomic E-state index is -0.725. The summed E-state index contributed by atoms with van der Waals surface area (Å²) in [6.07, 6.45) is 2.02. The number of nitro groups is 1. The predicted octanol–water partition coefficient (Wildman–Crippen LogP) is -0.230. The van der Waals surface area contributed by atoms with Crippen molar-refractivity contribution in [2.45, 2.75) is 12.8 Å². The molecule has 0 spiro atoms. The molecule has 0 amide bonds. The Morgan fingerprint density at radius 1 is 1.73 bits per heavy atom. The number of rotatable bonds is 4. The molecule has 0 aromatic heterocycles. The third-order valence-electron chi connectivity index (χ3n) is 2.29. The van der Waals surface area contributed by atoms with Crippen molar-refractivity contribution in [3.05, 3.63) is 10.1 Å². The normalized spacial score (nSPS) is 21.4. The summed E-state index contributed by atoms with van der Waals surface area (Å²) in [6.45, 7) is 2.29. The van der Waals surface area contributed by atoms with E-state index in [9.17, 15) is 10.1 Å². The fourth-order valence-corrected chi connectivity index (χ4v) is 1.46. The van der Waals surface area contributed by atoms with Crippen LogP contribution in [-0.2, 0) is 4.74 Å². The van der Waals surface area contributed by atoms with Crippen molar-refractivity contribution in [3.63, 3.8) is 0 Å². The average molecular weight is 216 g/mol. The Balaban J connectivity index is 2.19. The van der Waals surface area contributed by atoms with Crippen molar-refractivity contribution in [1.29, 1.82) is 0 Å². The molecule has 2 N–H and O–H groups in total. The van der Waals surface area contributed by atoms with Crippen molar-refractivity contribution < 1.29 is 9.77 Å². The first-order chi connectivity index (χ1) is 7.22. The van der Waals surface area contributed by atoms with E-state index < -0.39 is 5.03 Å². The van der Waals surface area contributed by atoms with Gasteiger partial charge in [-0.3, -0.25) is 0 Å². The molecule has 1 rings (SSSR count). The van der Waals surface area contributed by atoms with Crippen LogP contribution in [0.5, 0.6) is 0 Å². The van der Waals surface area contributed by atoms with Gasteiger partial charge in [-0.2, -0.15) is 0 Å². The Hall–Kier alpha value is -1.37. The van der Waals surface area contributed by atoms with E-state index >= 15 is 0 Å². The summed E-state index contributed by atoms with van der Waals surface area (Å²) in [4.78, 5) is 10.1. The fourth-order valence-electron chi connectivity index (χ4n) is 1.46. The van der Waals surface area contributed by atoms with Gasteiger partial charge >= 0.3 is 0 Å². The zero-order chi connectivity index (χ0) is 11.1. The van der Waals surface area contributed by atoms with Gasteiger partial charge in [0, 0.05) is 26.8 Å². The topological polar surface area (TPSA) is 88.8 Å².